The van der Waals surface area contributed by atoms with Crippen molar-refractivity contribution in [3.63, 3.8) is 0 Å². The van der Waals surface area contributed by atoms with Gasteiger partial charge in [-0.25, -0.2) is 0 Å². The summed E-state index contributed by atoms with van der Waals surface area (Å²) in [4.78, 5) is 15.5. The third-order valence-electron chi connectivity index (χ3n) is 4.24. The summed E-state index contributed by atoms with van der Waals surface area (Å²) < 4.78 is 0. The third-order valence-corrected chi connectivity index (χ3v) is 4.24. The summed E-state index contributed by atoms with van der Waals surface area (Å²) in [6, 6.07) is 16.7. The summed E-state index contributed by atoms with van der Waals surface area (Å²) in [5.41, 5.74) is 4.38. The van der Waals surface area contributed by atoms with Crippen LogP contribution < -0.4 is 0 Å². The zero-order valence-electron chi connectivity index (χ0n) is 15.6. The van der Waals surface area contributed by atoms with Gasteiger partial charge in [0.2, 0.25) is 0 Å². The molecule has 3 rings (SSSR count). The van der Waals surface area contributed by atoms with Crippen molar-refractivity contribution in [2.75, 3.05) is 0 Å². The second-order valence-corrected chi connectivity index (χ2v) is 6.48. The predicted molar refractivity (Wildman–Crippen MR) is 103 cm³/mol. The van der Waals surface area contributed by atoms with E-state index in [0.717, 1.165) is 17.1 Å². The van der Waals surface area contributed by atoms with E-state index in [0.29, 0.717) is 36.7 Å². The van der Waals surface area contributed by atoms with Gasteiger partial charge in [0.15, 0.2) is 0 Å². The molecule has 0 spiro atoms. The highest BCUT2D eigenvalue weighted by atomic mass is 16.3. The van der Waals surface area contributed by atoms with E-state index in [9.17, 15) is 15.3 Å². The number of aliphatic hydroxyl groups excluding tert-OH is 3. The van der Waals surface area contributed by atoms with E-state index in [1.54, 1.807) is 18.2 Å². The lowest BCUT2D eigenvalue weighted by Crippen LogP contribution is -2.24. The molecule has 146 valence electrons. The number of rotatable bonds is 9. The topological polar surface area (TPSA) is 103 Å². The fourth-order valence-corrected chi connectivity index (χ4v) is 2.97. The van der Waals surface area contributed by atoms with Crippen molar-refractivity contribution in [2.45, 2.75) is 39.5 Å². The maximum atomic E-state index is 9.34. The van der Waals surface area contributed by atoms with Gasteiger partial charge in [0.25, 0.3) is 0 Å². The van der Waals surface area contributed by atoms with Gasteiger partial charge in [0.1, 0.15) is 0 Å². The number of nitrogens with zero attached hydrogens (tertiary/aromatic N) is 4. The van der Waals surface area contributed by atoms with Gasteiger partial charge in [-0.2, -0.15) is 0 Å². The second-order valence-electron chi connectivity index (χ2n) is 6.48. The van der Waals surface area contributed by atoms with Crippen molar-refractivity contribution in [2.24, 2.45) is 0 Å². The number of pyridine rings is 3. The highest BCUT2D eigenvalue weighted by molar-refractivity contribution is 5.14. The first-order chi connectivity index (χ1) is 13.7. The molecule has 0 aliphatic heterocycles. The Labute approximate surface area is 164 Å². The summed E-state index contributed by atoms with van der Waals surface area (Å²) >= 11 is 0. The molecule has 0 saturated heterocycles. The molecule has 3 N–H and O–H groups in total. The Kier molecular flexibility index (Phi) is 7.16. The predicted octanol–water partition coefficient (Wildman–Crippen LogP) is 1.55. The largest absolute Gasteiger partial charge is 0.390 e. The number of aliphatic hydroxyl groups is 3. The Morgan fingerprint density at radius 2 is 0.786 bits per heavy atom. The summed E-state index contributed by atoms with van der Waals surface area (Å²) in [6.07, 6.45) is 0. The number of hydrogen-bond donors (Lipinski definition) is 3. The van der Waals surface area contributed by atoms with Crippen molar-refractivity contribution in [3.8, 4) is 0 Å². The molecular formula is C21H24N4O3. The fraction of sp³-hybridized carbons (Fsp3) is 0.286. The molecule has 0 aromatic carbocycles. The molecule has 3 heterocycles. The van der Waals surface area contributed by atoms with Crippen LogP contribution in [-0.4, -0.2) is 35.2 Å². The van der Waals surface area contributed by atoms with Gasteiger partial charge in [-0.15, -0.1) is 0 Å². The lowest BCUT2D eigenvalue weighted by atomic mass is 10.2. The molecule has 0 atom stereocenters. The Hall–Kier alpha value is -2.71. The zero-order valence-corrected chi connectivity index (χ0v) is 15.6. The molecule has 0 aliphatic carbocycles. The van der Waals surface area contributed by atoms with Crippen molar-refractivity contribution in [1.82, 2.24) is 19.9 Å². The Balaban J connectivity index is 1.83. The maximum Gasteiger partial charge on any atom is 0.0853 e. The van der Waals surface area contributed by atoms with Crippen molar-refractivity contribution in [3.05, 3.63) is 88.8 Å². The van der Waals surface area contributed by atoms with E-state index in [2.05, 4.69) is 19.9 Å². The Morgan fingerprint density at radius 3 is 1.07 bits per heavy atom. The Bertz CT molecular complexity index is 786. The van der Waals surface area contributed by atoms with E-state index < -0.39 is 0 Å². The van der Waals surface area contributed by atoms with Crippen LogP contribution in [0.5, 0.6) is 0 Å². The molecule has 7 heteroatoms. The number of aromatic nitrogens is 3. The van der Waals surface area contributed by atoms with Crippen LogP contribution in [0.4, 0.5) is 0 Å². The Morgan fingerprint density at radius 1 is 0.500 bits per heavy atom. The van der Waals surface area contributed by atoms with Gasteiger partial charge in [0, 0.05) is 19.6 Å². The quantitative estimate of drug-likeness (QED) is 0.518. The molecule has 3 aromatic rings. The zero-order chi connectivity index (χ0) is 19.8. The van der Waals surface area contributed by atoms with E-state index in [-0.39, 0.29) is 19.8 Å². The van der Waals surface area contributed by atoms with E-state index >= 15 is 0 Å². The summed E-state index contributed by atoms with van der Waals surface area (Å²) in [6.45, 7) is 1.33. The molecule has 0 amide bonds. The van der Waals surface area contributed by atoms with E-state index in [1.807, 2.05) is 36.4 Å². The van der Waals surface area contributed by atoms with E-state index in [4.69, 9.17) is 0 Å². The van der Waals surface area contributed by atoms with Gasteiger partial charge >= 0.3 is 0 Å². The van der Waals surface area contributed by atoms with Crippen LogP contribution in [-0.2, 0) is 39.5 Å². The van der Waals surface area contributed by atoms with Crippen LogP contribution in [0.3, 0.4) is 0 Å². The van der Waals surface area contributed by atoms with Crippen LogP contribution in [0.1, 0.15) is 34.2 Å². The van der Waals surface area contributed by atoms with Crippen LogP contribution in [0.15, 0.2) is 54.6 Å². The molecule has 0 bridgehead atoms. The molecule has 0 aliphatic rings. The minimum absolute atomic E-state index is 0.103. The molecule has 0 saturated carbocycles. The minimum Gasteiger partial charge on any atom is -0.390 e. The highest BCUT2D eigenvalue weighted by Gasteiger charge is 2.12. The smallest absolute Gasteiger partial charge is 0.0853 e. The van der Waals surface area contributed by atoms with Crippen LogP contribution in [0.2, 0.25) is 0 Å². The van der Waals surface area contributed by atoms with Crippen molar-refractivity contribution in [1.29, 1.82) is 0 Å². The molecule has 3 aromatic heterocycles. The van der Waals surface area contributed by atoms with Gasteiger partial charge in [-0.05, 0) is 36.4 Å². The van der Waals surface area contributed by atoms with Gasteiger partial charge in [-0.1, -0.05) is 18.2 Å². The molecule has 0 fully saturated rings. The third kappa shape index (κ3) is 5.64. The lowest BCUT2D eigenvalue weighted by Gasteiger charge is -2.22. The minimum atomic E-state index is -0.103. The molecular weight excluding hydrogens is 356 g/mol. The van der Waals surface area contributed by atoms with Gasteiger partial charge in [-0.3, -0.25) is 19.9 Å². The van der Waals surface area contributed by atoms with E-state index in [1.165, 1.54) is 0 Å². The highest BCUT2D eigenvalue weighted by Crippen LogP contribution is 2.13. The van der Waals surface area contributed by atoms with Crippen LogP contribution in [0, 0.1) is 0 Å². The molecule has 7 nitrogen and oxygen atoms in total. The van der Waals surface area contributed by atoms with Gasteiger partial charge < -0.3 is 15.3 Å². The summed E-state index contributed by atoms with van der Waals surface area (Å²) in [5, 5.41) is 28.0. The first-order valence-electron chi connectivity index (χ1n) is 9.09. The van der Waals surface area contributed by atoms with Crippen LogP contribution >= 0.6 is 0 Å². The first kappa shape index (κ1) is 20.0. The average Bonchev–Trinajstić information content (AvgIpc) is 2.74. The first-order valence-corrected chi connectivity index (χ1v) is 9.09. The number of hydrogen-bond acceptors (Lipinski definition) is 7. The second kappa shape index (κ2) is 10.0. The average molecular weight is 380 g/mol. The molecule has 28 heavy (non-hydrogen) atoms. The van der Waals surface area contributed by atoms with Gasteiger partial charge in [0.05, 0.1) is 54.0 Å². The van der Waals surface area contributed by atoms with Crippen LogP contribution in [0.25, 0.3) is 0 Å². The summed E-state index contributed by atoms with van der Waals surface area (Å²) in [5.74, 6) is 0. The molecule has 0 unspecified atom stereocenters. The van der Waals surface area contributed by atoms with Crippen molar-refractivity contribution >= 4 is 0 Å². The summed E-state index contributed by atoms with van der Waals surface area (Å²) in [7, 11) is 0. The standard InChI is InChI=1S/C21H24N4O3/c26-13-19-7-1-4-16(22-19)10-25(11-17-5-2-8-20(14-27)23-17)12-18-6-3-9-21(15-28)24-18/h1-9,26-28H,10-15H2. The normalized spacial score (nSPS) is 11.1. The fourth-order valence-electron chi connectivity index (χ4n) is 2.97. The monoisotopic (exact) mass is 380 g/mol. The lowest BCUT2D eigenvalue weighted by molar-refractivity contribution is 0.233. The maximum absolute atomic E-state index is 9.34. The molecule has 0 radical (unpaired) electrons. The SMILES string of the molecule is OCc1cccc(CN(Cc2cccc(CO)n2)Cc2cccc(CO)n2)n1. The van der Waals surface area contributed by atoms with Crippen molar-refractivity contribution < 1.29 is 15.3 Å².